The van der Waals surface area contributed by atoms with E-state index >= 15 is 0 Å². The van der Waals surface area contributed by atoms with Crippen LogP contribution in [0.3, 0.4) is 0 Å². The molecule has 20 nitrogen and oxygen atoms in total. The largest absolute Gasteiger partial charge is 1.00 e. The number of nitro benzene ring substituents is 2. The van der Waals surface area contributed by atoms with E-state index in [4.69, 9.17) is 21.1 Å². The predicted octanol–water partition coefficient (Wildman–Crippen LogP) is 9.33. The summed E-state index contributed by atoms with van der Waals surface area (Å²) in [5.74, 6) is -10.6. The first kappa shape index (κ1) is 78.0. The average molecular weight is 1380 g/mol. The minimum absolute atomic E-state index is 0. The van der Waals surface area contributed by atoms with E-state index in [0.717, 1.165) is 43.6 Å². The van der Waals surface area contributed by atoms with E-state index in [2.05, 4.69) is 14.2 Å². The number of esters is 3. The first-order valence-corrected chi connectivity index (χ1v) is 23.4. The third kappa shape index (κ3) is 23.8. The fourth-order valence-corrected chi connectivity index (χ4v) is 6.55. The minimum atomic E-state index is -1.52. The summed E-state index contributed by atoms with van der Waals surface area (Å²) in [6, 6.07) is 15.2. The van der Waals surface area contributed by atoms with Gasteiger partial charge in [0, 0.05) is 36.1 Å². The Labute approximate surface area is 507 Å². The van der Waals surface area contributed by atoms with Gasteiger partial charge in [-0.05, 0) is 170 Å². The SMILES string of the molecule is C.COC(=O)c1cc(I)c(C)cc1F.COC(=O)c1cc(N)c(C)cc1F.COC(=O)c1cc([N+](=O)[O-])c(C)cc1F.Cc1cc(F)c(C(=O)O)cc1I.Cc1cc(F)c(C(=O)O)cc1[N+](=O)[O-].Cc1ccc(C(=O)O)c(F)c1.[Na+].[OH-]. The Morgan fingerprint density at radius 2 is 0.728 bits per heavy atom. The molecule has 0 aliphatic rings. The smallest absolute Gasteiger partial charge is 0.870 e. The van der Waals surface area contributed by atoms with Crippen LogP contribution in [0, 0.1) is 104 Å². The van der Waals surface area contributed by atoms with Gasteiger partial charge in [0.25, 0.3) is 11.4 Å². The molecule has 0 saturated carbocycles. The first-order chi connectivity index (χ1) is 36.1. The van der Waals surface area contributed by atoms with E-state index in [1.54, 1.807) is 33.8 Å². The molecule has 29 heteroatoms. The van der Waals surface area contributed by atoms with Crippen LogP contribution in [-0.2, 0) is 14.2 Å². The van der Waals surface area contributed by atoms with E-state index < -0.39 is 97.4 Å². The number of carbonyl (C=O) groups is 6. The van der Waals surface area contributed by atoms with Gasteiger partial charge in [-0.3, -0.25) is 20.2 Å². The molecule has 0 radical (unpaired) electrons. The zero-order chi connectivity index (χ0) is 60.2. The maximum absolute atomic E-state index is 13.2. The van der Waals surface area contributed by atoms with Gasteiger partial charge in [-0.2, -0.15) is 0 Å². The van der Waals surface area contributed by atoms with E-state index in [0.29, 0.717) is 22.9 Å². The molecule has 0 aliphatic heterocycles. The number of aromatic carboxylic acids is 3. The minimum Gasteiger partial charge on any atom is -0.870 e. The molecule has 6 aromatic rings. The van der Waals surface area contributed by atoms with Crippen molar-refractivity contribution in [2.45, 2.75) is 49.0 Å². The van der Waals surface area contributed by atoms with Crippen LogP contribution in [0.1, 0.15) is 103 Å². The van der Waals surface area contributed by atoms with Gasteiger partial charge < -0.3 is 40.7 Å². The summed E-state index contributed by atoms with van der Waals surface area (Å²) in [5.41, 5.74) is 6.47. The Morgan fingerprint density at radius 1 is 0.457 bits per heavy atom. The number of anilines is 1. The van der Waals surface area contributed by atoms with Crippen molar-refractivity contribution in [3.05, 3.63) is 208 Å². The first-order valence-electron chi connectivity index (χ1n) is 21.2. The van der Waals surface area contributed by atoms with Gasteiger partial charge in [0.2, 0.25) is 0 Å². The third-order valence-corrected chi connectivity index (χ3v) is 12.2. The van der Waals surface area contributed by atoms with Crippen LogP contribution in [0.2, 0.25) is 0 Å². The van der Waals surface area contributed by atoms with Crippen LogP contribution < -0.4 is 35.3 Å². The zero-order valence-electron chi connectivity index (χ0n) is 43.6. The number of rotatable bonds is 8. The van der Waals surface area contributed by atoms with Crippen molar-refractivity contribution in [1.29, 1.82) is 0 Å². The van der Waals surface area contributed by atoms with Gasteiger partial charge in [0.05, 0.1) is 53.4 Å². The standard InChI is InChI=1S/C9H8FIO2.C9H8FNO4.C9H10FNO2.C8H6FIO2.C8H6FNO4.C8H7FO2.CH4.Na.H2O/c1-5-3-7(10)6(4-8(5)11)9(12)13-2;1-5-3-7(10)6(9(12)15-2)4-8(5)11(13)14;1-5-3-7(10)6(4-8(5)11)9(12)13-2;1-4-2-6(9)5(8(11)12)3-7(4)10;1-4-2-6(9)5(8(11)12)3-7(4)10(13)14;1-5-2-3-6(8(10)11)7(9)4-5;;;/h3-4H,1-2H3;3-4H,1-2H3;3-4H,11H2,1-2H3;2-3H,1H3,(H,11,12);2-3H,1H3,(H,11,12);2-4H,1H3,(H,10,11);1H4;;1H2/q;;;;;;;+1;/p-1. The van der Waals surface area contributed by atoms with Crippen LogP contribution in [0.4, 0.5) is 43.4 Å². The fourth-order valence-electron chi connectivity index (χ4n) is 5.62. The molecule has 0 aromatic heterocycles. The second-order valence-electron chi connectivity index (χ2n) is 15.5. The molecular formula is C52H50F6I2N3NaO17. The molecule has 0 aliphatic carbocycles. The Kier molecular flexibility index (Phi) is 34.8. The number of carboxylic acid groups (broad SMARTS) is 3. The van der Waals surface area contributed by atoms with Crippen LogP contribution in [0.25, 0.3) is 0 Å². The molecule has 0 heterocycles. The predicted molar refractivity (Wildman–Crippen MR) is 294 cm³/mol. The van der Waals surface area contributed by atoms with E-state index in [1.807, 2.05) is 45.2 Å². The van der Waals surface area contributed by atoms with Crippen molar-refractivity contribution in [2.24, 2.45) is 0 Å². The Bertz CT molecular complexity index is 3200. The third-order valence-electron chi connectivity index (χ3n) is 9.85. The molecule has 0 saturated heterocycles. The number of nitrogens with two attached hydrogens (primary N) is 1. The second-order valence-corrected chi connectivity index (χ2v) is 17.8. The van der Waals surface area contributed by atoms with Crippen molar-refractivity contribution in [2.75, 3.05) is 27.1 Å². The summed E-state index contributed by atoms with van der Waals surface area (Å²) in [6.45, 7) is 9.62. The summed E-state index contributed by atoms with van der Waals surface area (Å²) >= 11 is 4.01. The number of carboxylic acids is 3. The molecule has 0 bridgehead atoms. The van der Waals surface area contributed by atoms with Gasteiger partial charge in [0.15, 0.2) is 0 Å². The van der Waals surface area contributed by atoms with Crippen molar-refractivity contribution in [3.63, 3.8) is 0 Å². The Balaban J connectivity index is -0.000000897. The molecule has 6 rings (SSSR count). The summed E-state index contributed by atoms with van der Waals surface area (Å²) < 4.78 is 92.7. The number of hydrogen-bond acceptors (Lipinski definition) is 15. The van der Waals surface area contributed by atoms with E-state index in [-0.39, 0.29) is 81.5 Å². The maximum atomic E-state index is 13.2. The number of aryl methyl sites for hydroxylation is 6. The van der Waals surface area contributed by atoms with Gasteiger partial charge in [-0.15, -0.1) is 0 Å². The number of benzene rings is 6. The van der Waals surface area contributed by atoms with Gasteiger partial charge in [-0.1, -0.05) is 13.5 Å². The molecule has 6 N–H and O–H groups in total. The normalized spacial score (nSPS) is 9.44. The van der Waals surface area contributed by atoms with Crippen molar-refractivity contribution < 1.29 is 130 Å². The Hall–Kier alpha value is -7.26. The molecule has 6 aromatic carbocycles. The molecule has 0 fully saturated rings. The fraction of sp³-hybridized carbons (Fsp3) is 0.192. The number of ether oxygens (including phenoxy) is 3. The second kappa shape index (κ2) is 36.2. The maximum Gasteiger partial charge on any atom is 1.00 e. The summed E-state index contributed by atoms with van der Waals surface area (Å²) in [6.07, 6.45) is 0. The van der Waals surface area contributed by atoms with Crippen LogP contribution >= 0.6 is 45.2 Å². The molecule has 0 spiro atoms. The number of nitrogen functional groups attached to an aromatic ring is 1. The van der Waals surface area contributed by atoms with E-state index in [1.165, 1.54) is 76.6 Å². The van der Waals surface area contributed by atoms with Crippen molar-refractivity contribution in [1.82, 2.24) is 0 Å². The molecule has 432 valence electrons. The van der Waals surface area contributed by atoms with Crippen LogP contribution in [-0.4, -0.2) is 87.8 Å². The average Bonchev–Trinajstić information content (AvgIpc) is 3.34. The topological polar surface area (TPSA) is 333 Å². The van der Waals surface area contributed by atoms with Crippen LogP contribution in [0.5, 0.6) is 0 Å². The summed E-state index contributed by atoms with van der Waals surface area (Å²) in [5, 5.41) is 46.4. The monoisotopic (exact) mass is 1380 g/mol. The molecule has 0 amide bonds. The number of carbonyl (C=O) groups excluding carboxylic acids is 3. The van der Waals surface area contributed by atoms with Gasteiger partial charge >= 0.3 is 65.4 Å². The molecule has 81 heavy (non-hydrogen) atoms. The van der Waals surface area contributed by atoms with Gasteiger partial charge in [-0.25, -0.2) is 55.1 Å². The number of hydrogen-bond donors (Lipinski definition) is 4. The number of methoxy groups -OCH3 is 3. The Morgan fingerprint density at radius 3 is 1.06 bits per heavy atom. The number of nitrogens with zero attached hydrogens (tertiary/aromatic N) is 2. The van der Waals surface area contributed by atoms with Crippen LogP contribution in [0.15, 0.2) is 78.9 Å². The summed E-state index contributed by atoms with van der Waals surface area (Å²) in [4.78, 5) is 83.7. The van der Waals surface area contributed by atoms with Crippen molar-refractivity contribution >= 4 is 98.1 Å². The van der Waals surface area contributed by atoms with Crippen molar-refractivity contribution in [3.8, 4) is 0 Å². The number of nitro groups is 2. The quantitative estimate of drug-likeness (QED) is 0.0161. The van der Waals surface area contributed by atoms with Gasteiger partial charge in [0.1, 0.15) is 46.0 Å². The summed E-state index contributed by atoms with van der Waals surface area (Å²) in [7, 11) is 3.50. The number of halogens is 8. The van der Waals surface area contributed by atoms with E-state index in [9.17, 15) is 75.3 Å². The zero-order valence-corrected chi connectivity index (χ0v) is 49.9. The molecular weight excluding hydrogens is 1330 g/mol. The molecule has 0 unspecified atom stereocenters. The molecule has 0 atom stereocenters.